The maximum absolute atomic E-state index is 11.7. The number of allylic oxidation sites excluding steroid dienone is 1. The highest BCUT2D eigenvalue weighted by molar-refractivity contribution is 7.11. The second-order valence-corrected chi connectivity index (χ2v) is 4.92. The molecule has 2 aromatic rings. The second-order valence-electron chi connectivity index (χ2n) is 4.01. The molecule has 0 aliphatic carbocycles. The third-order valence-electron chi connectivity index (χ3n) is 2.49. The summed E-state index contributed by atoms with van der Waals surface area (Å²) in [5.41, 5.74) is 3.04. The molecule has 86 valence electrons. The summed E-state index contributed by atoms with van der Waals surface area (Å²) in [7, 11) is 0. The number of benzene rings is 1. The van der Waals surface area contributed by atoms with Crippen LogP contribution in [0.5, 0.6) is 0 Å². The van der Waals surface area contributed by atoms with Gasteiger partial charge in [-0.15, -0.1) is 11.3 Å². The summed E-state index contributed by atoms with van der Waals surface area (Å²) in [6.45, 7) is 3.66. The minimum absolute atomic E-state index is 0.107. The Hall–Kier alpha value is -1.67. The normalized spacial score (nSPS) is 11.5. The van der Waals surface area contributed by atoms with Gasteiger partial charge in [-0.2, -0.15) is 0 Å². The Labute approximate surface area is 105 Å². The topological polar surface area (TPSA) is 17.1 Å². The first-order chi connectivity index (χ1) is 8.16. The van der Waals surface area contributed by atoms with Gasteiger partial charge >= 0.3 is 0 Å². The molecule has 2 heteroatoms. The Bertz CT molecular complexity index is 549. The number of Topliss-reactive ketones (excluding diaryl/α,β-unsaturated/α-hetero) is 1. The lowest BCUT2D eigenvalue weighted by molar-refractivity contribution is -0.111. The van der Waals surface area contributed by atoms with Gasteiger partial charge in [-0.05, 0) is 42.5 Å². The van der Waals surface area contributed by atoms with E-state index < -0.39 is 0 Å². The van der Waals surface area contributed by atoms with Crippen LogP contribution in [0.25, 0.3) is 11.6 Å². The van der Waals surface area contributed by atoms with Crippen LogP contribution in [0.2, 0.25) is 0 Å². The smallest absolute Gasteiger partial charge is 0.161 e. The Morgan fingerprint density at radius 3 is 2.47 bits per heavy atom. The van der Waals surface area contributed by atoms with E-state index >= 15 is 0 Å². The molecule has 0 aliphatic heterocycles. The predicted octanol–water partition coefficient (Wildman–Crippen LogP) is 4.19. The van der Waals surface area contributed by atoms with Gasteiger partial charge in [0.05, 0.1) is 0 Å². The number of ketones is 1. The number of aryl methyl sites for hydroxylation is 1. The zero-order valence-electron chi connectivity index (χ0n) is 9.94. The minimum atomic E-state index is 0.107. The molecule has 1 aromatic heterocycles. The lowest BCUT2D eigenvalue weighted by Crippen LogP contribution is -1.93. The Morgan fingerprint density at radius 2 is 1.94 bits per heavy atom. The monoisotopic (exact) mass is 242 g/mol. The molecule has 0 saturated carbocycles. The van der Waals surface area contributed by atoms with Gasteiger partial charge in [0.1, 0.15) is 0 Å². The van der Waals surface area contributed by atoms with Gasteiger partial charge in [-0.25, -0.2) is 0 Å². The molecule has 0 spiro atoms. The van der Waals surface area contributed by atoms with E-state index in [0.717, 1.165) is 16.0 Å². The number of rotatable bonds is 3. The van der Waals surface area contributed by atoms with Gasteiger partial charge in [-0.3, -0.25) is 4.79 Å². The molecule has 17 heavy (non-hydrogen) atoms. The average Bonchev–Trinajstić information content (AvgIpc) is 2.73. The first-order valence-corrected chi connectivity index (χ1v) is 6.38. The fraction of sp³-hybridized carbons (Fsp3) is 0.133. The van der Waals surface area contributed by atoms with E-state index in [4.69, 9.17) is 0 Å². The molecular weight excluding hydrogens is 228 g/mol. The molecule has 0 saturated heterocycles. The predicted molar refractivity (Wildman–Crippen MR) is 74.1 cm³/mol. The summed E-state index contributed by atoms with van der Waals surface area (Å²) < 4.78 is 0. The van der Waals surface area contributed by atoms with E-state index in [1.165, 1.54) is 5.56 Å². The highest BCUT2D eigenvalue weighted by Gasteiger charge is 2.09. The molecule has 0 amide bonds. The molecule has 0 bridgehead atoms. The fourth-order valence-electron chi connectivity index (χ4n) is 1.63. The summed E-state index contributed by atoms with van der Waals surface area (Å²) in [6, 6.07) is 12.0. The van der Waals surface area contributed by atoms with E-state index in [1.807, 2.05) is 43.3 Å². The molecule has 0 N–H and O–H groups in total. The summed E-state index contributed by atoms with van der Waals surface area (Å²) in [4.78, 5) is 12.7. The van der Waals surface area contributed by atoms with E-state index in [2.05, 4.69) is 11.4 Å². The first-order valence-electron chi connectivity index (χ1n) is 5.50. The van der Waals surface area contributed by atoms with Crippen molar-refractivity contribution in [3.63, 3.8) is 0 Å². The van der Waals surface area contributed by atoms with Crippen molar-refractivity contribution in [2.24, 2.45) is 0 Å². The van der Waals surface area contributed by atoms with Crippen LogP contribution in [-0.2, 0) is 4.79 Å². The van der Waals surface area contributed by atoms with Crippen LogP contribution in [0, 0.1) is 6.92 Å². The van der Waals surface area contributed by atoms with Crippen molar-refractivity contribution in [3.05, 3.63) is 57.8 Å². The van der Waals surface area contributed by atoms with E-state index in [1.54, 1.807) is 18.3 Å². The molecule has 1 heterocycles. The van der Waals surface area contributed by atoms with Crippen LogP contribution in [0.4, 0.5) is 0 Å². The number of carbonyl (C=O) groups excluding carboxylic acids is 1. The van der Waals surface area contributed by atoms with Crippen molar-refractivity contribution in [1.29, 1.82) is 0 Å². The van der Waals surface area contributed by atoms with Crippen molar-refractivity contribution >= 4 is 28.8 Å². The second kappa shape index (κ2) is 5.11. The lowest BCUT2D eigenvalue weighted by atomic mass is 10.1. The van der Waals surface area contributed by atoms with E-state index in [9.17, 15) is 4.79 Å². The average molecular weight is 242 g/mol. The van der Waals surface area contributed by atoms with Crippen LogP contribution in [-0.4, -0.2) is 5.78 Å². The highest BCUT2D eigenvalue weighted by Crippen LogP contribution is 2.25. The molecule has 0 fully saturated rings. The molecule has 1 nitrogen and oxygen atoms in total. The number of hydrogen-bond acceptors (Lipinski definition) is 2. The van der Waals surface area contributed by atoms with Gasteiger partial charge in [-0.1, -0.05) is 30.3 Å². The SMILES string of the molecule is CC(=O)C(=Cc1ccccc1)c1cc(C)cs1. The fourth-order valence-corrected chi connectivity index (χ4v) is 2.60. The van der Waals surface area contributed by atoms with Crippen molar-refractivity contribution in [3.8, 4) is 0 Å². The van der Waals surface area contributed by atoms with Gasteiger partial charge in [0.2, 0.25) is 0 Å². The van der Waals surface area contributed by atoms with E-state index in [0.29, 0.717) is 0 Å². The minimum Gasteiger partial charge on any atom is -0.294 e. The van der Waals surface area contributed by atoms with Crippen molar-refractivity contribution in [2.75, 3.05) is 0 Å². The van der Waals surface area contributed by atoms with Crippen LogP contribution >= 0.6 is 11.3 Å². The molecule has 2 rings (SSSR count). The first kappa shape index (κ1) is 11.8. The molecule has 0 unspecified atom stereocenters. The van der Waals surface area contributed by atoms with Crippen LogP contribution < -0.4 is 0 Å². The van der Waals surface area contributed by atoms with Crippen LogP contribution in [0.15, 0.2) is 41.8 Å². The number of carbonyl (C=O) groups is 1. The third-order valence-corrected chi connectivity index (χ3v) is 3.57. The zero-order valence-corrected chi connectivity index (χ0v) is 10.8. The molecule has 0 atom stereocenters. The summed E-state index contributed by atoms with van der Waals surface area (Å²) in [5, 5.41) is 2.07. The Kier molecular flexibility index (Phi) is 3.55. The van der Waals surface area contributed by atoms with E-state index in [-0.39, 0.29) is 5.78 Å². The maximum atomic E-state index is 11.7. The van der Waals surface area contributed by atoms with Gasteiger partial charge in [0.15, 0.2) is 5.78 Å². The zero-order chi connectivity index (χ0) is 12.3. The van der Waals surface area contributed by atoms with Crippen molar-refractivity contribution < 1.29 is 4.79 Å². The molecular formula is C15H14OS. The summed E-state index contributed by atoms with van der Waals surface area (Å²) in [6.07, 6.45) is 1.95. The Balaban J connectivity index is 2.43. The van der Waals surface area contributed by atoms with Crippen LogP contribution in [0.1, 0.15) is 22.9 Å². The van der Waals surface area contributed by atoms with Gasteiger partial charge < -0.3 is 0 Å². The molecule has 1 aromatic carbocycles. The lowest BCUT2D eigenvalue weighted by Gasteiger charge is -2.00. The van der Waals surface area contributed by atoms with Gasteiger partial charge in [0.25, 0.3) is 0 Å². The maximum Gasteiger partial charge on any atom is 0.161 e. The number of hydrogen-bond donors (Lipinski definition) is 0. The van der Waals surface area contributed by atoms with Crippen molar-refractivity contribution in [1.82, 2.24) is 0 Å². The molecule has 0 aliphatic rings. The summed E-state index contributed by atoms with van der Waals surface area (Å²) >= 11 is 1.62. The van der Waals surface area contributed by atoms with Crippen molar-refractivity contribution in [2.45, 2.75) is 13.8 Å². The Morgan fingerprint density at radius 1 is 1.24 bits per heavy atom. The van der Waals surface area contributed by atoms with Crippen LogP contribution in [0.3, 0.4) is 0 Å². The summed E-state index contributed by atoms with van der Waals surface area (Å²) in [5.74, 6) is 0.107. The van der Waals surface area contributed by atoms with Gasteiger partial charge in [0, 0.05) is 10.5 Å². The largest absolute Gasteiger partial charge is 0.294 e. The number of thiophene rings is 1. The quantitative estimate of drug-likeness (QED) is 0.738. The highest BCUT2D eigenvalue weighted by atomic mass is 32.1. The molecule has 0 radical (unpaired) electrons. The third kappa shape index (κ3) is 2.92. The standard InChI is InChI=1S/C15H14OS/c1-11-8-15(17-10-11)14(12(2)16)9-13-6-4-3-5-7-13/h3-10H,1-2H3.